The molecule has 0 aliphatic rings. The van der Waals surface area contributed by atoms with Gasteiger partial charge < -0.3 is 5.73 Å². The number of para-hydroxylation sites is 1. The Kier molecular flexibility index (Phi) is 4.49. The molecule has 72 valence electrons. The largest absolute Gasteiger partial charge is 0.399 e. The molecular weight excluding hydrogens is 174 g/mol. The monoisotopic (exact) mass is 193 g/mol. The van der Waals surface area contributed by atoms with Crippen LogP contribution in [0.25, 0.3) is 0 Å². The predicted molar refractivity (Wildman–Crippen MR) is 65.1 cm³/mol. The topological polar surface area (TPSA) is 26.0 Å². The molecule has 1 rings (SSSR count). The summed E-state index contributed by atoms with van der Waals surface area (Å²) in [6.45, 7) is 12.9. The van der Waals surface area contributed by atoms with Crippen molar-refractivity contribution in [1.82, 2.24) is 0 Å². The molecule has 1 aromatic rings. The van der Waals surface area contributed by atoms with E-state index in [2.05, 4.69) is 44.9 Å². The molecule has 1 nitrogen and oxygen atoms in total. The third-order valence-corrected chi connectivity index (χ3v) is 3.84. The van der Waals surface area contributed by atoms with Gasteiger partial charge in [0.1, 0.15) is 0 Å². The molecule has 0 fully saturated rings. The molecule has 0 saturated carbocycles. The first-order valence-electron chi connectivity index (χ1n) is 4.37. The molecule has 0 spiro atoms. The standard InChI is InChI=1S/C9H15NSi.C2H4/c1-11(2,3)9-7-5-4-6-8(9)10;1-2/h4-7H,10H2,1-3H3;1-2H2. The lowest BCUT2D eigenvalue weighted by Crippen LogP contribution is -2.39. The van der Waals surface area contributed by atoms with Crippen molar-refractivity contribution in [1.29, 1.82) is 0 Å². The summed E-state index contributed by atoms with van der Waals surface area (Å²) in [5.41, 5.74) is 6.79. The first-order chi connectivity index (χ1) is 6.02. The summed E-state index contributed by atoms with van der Waals surface area (Å²) in [4.78, 5) is 0. The Morgan fingerprint density at radius 1 is 1.08 bits per heavy atom. The van der Waals surface area contributed by atoms with E-state index in [1.165, 1.54) is 5.19 Å². The fourth-order valence-electron chi connectivity index (χ4n) is 1.18. The number of hydrogen-bond acceptors (Lipinski definition) is 1. The van der Waals surface area contributed by atoms with E-state index in [-0.39, 0.29) is 0 Å². The van der Waals surface area contributed by atoms with Crippen LogP contribution in [0.4, 0.5) is 5.69 Å². The fraction of sp³-hybridized carbons (Fsp3) is 0.273. The van der Waals surface area contributed by atoms with Gasteiger partial charge in [0.05, 0.1) is 8.07 Å². The Morgan fingerprint density at radius 3 is 1.85 bits per heavy atom. The van der Waals surface area contributed by atoms with E-state index in [0.29, 0.717) is 0 Å². The molecule has 0 aliphatic carbocycles. The first-order valence-corrected chi connectivity index (χ1v) is 7.87. The molecule has 0 amide bonds. The minimum absolute atomic E-state index is 0.951. The van der Waals surface area contributed by atoms with Gasteiger partial charge in [0.15, 0.2) is 0 Å². The zero-order chi connectivity index (χ0) is 10.5. The average Bonchev–Trinajstić information content (AvgIpc) is 2.07. The van der Waals surface area contributed by atoms with E-state index < -0.39 is 8.07 Å². The predicted octanol–water partition coefficient (Wildman–Crippen LogP) is 2.62. The van der Waals surface area contributed by atoms with Gasteiger partial charge in [-0.1, -0.05) is 37.8 Å². The highest BCUT2D eigenvalue weighted by molar-refractivity contribution is 6.89. The van der Waals surface area contributed by atoms with E-state index >= 15 is 0 Å². The van der Waals surface area contributed by atoms with Crippen LogP contribution < -0.4 is 10.9 Å². The Balaban J connectivity index is 0.000000671. The van der Waals surface area contributed by atoms with Crippen molar-refractivity contribution >= 4 is 18.9 Å². The lowest BCUT2D eigenvalue weighted by atomic mass is 10.3. The molecule has 0 bridgehead atoms. The van der Waals surface area contributed by atoms with Crippen LogP contribution in [-0.4, -0.2) is 8.07 Å². The van der Waals surface area contributed by atoms with Gasteiger partial charge in [-0.25, -0.2) is 0 Å². The van der Waals surface area contributed by atoms with Gasteiger partial charge in [-0.15, -0.1) is 13.2 Å². The number of hydrogen-bond donors (Lipinski definition) is 1. The molecule has 0 aliphatic heterocycles. The maximum absolute atomic E-state index is 5.84. The molecule has 13 heavy (non-hydrogen) atoms. The van der Waals surface area contributed by atoms with Crippen molar-refractivity contribution in [3.63, 3.8) is 0 Å². The molecule has 1 aromatic carbocycles. The summed E-state index contributed by atoms with van der Waals surface area (Å²) in [5, 5.41) is 1.36. The van der Waals surface area contributed by atoms with Crippen molar-refractivity contribution in [2.75, 3.05) is 5.73 Å². The maximum atomic E-state index is 5.84. The first kappa shape index (κ1) is 12.0. The molecule has 2 heteroatoms. The van der Waals surface area contributed by atoms with E-state index in [1.807, 2.05) is 12.1 Å². The van der Waals surface area contributed by atoms with Gasteiger partial charge in [0.25, 0.3) is 0 Å². The zero-order valence-electron chi connectivity index (χ0n) is 8.80. The van der Waals surface area contributed by atoms with E-state index in [0.717, 1.165) is 5.69 Å². The van der Waals surface area contributed by atoms with Crippen LogP contribution >= 0.6 is 0 Å². The van der Waals surface area contributed by atoms with E-state index in [4.69, 9.17) is 5.73 Å². The van der Waals surface area contributed by atoms with Crippen LogP contribution in [-0.2, 0) is 0 Å². The second-order valence-electron chi connectivity index (χ2n) is 3.84. The summed E-state index contributed by atoms with van der Waals surface area (Å²) in [6, 6.07) is 8.16. The van der Waals surface area contributed by atoms with E-state index in [9.17, 15) is 0 Å². The van der Waals surface area contributed by atoms with Gasteiger partial charge in [-0.3, -0.25) is 0 Å². The number of rotatable bonds is 1. The van der Waals surface area contributed by atoms with Crippen LogP contribution in [0.5, 0.6) is 0 Å². The molecule has 0 heterocycles. The lowest BCUT2D eigenvalue weighted by Gasteiger charge is -2.18. The zero-order valence-corrected chi connectivity index (χ0v) is 9.80. The Labute approximate surface area is 82.3 Å². The summed E-state index contributed by atoms with van der Waals surface area (Å²) < 4.78 is 0. The van der Waals surface area contributed by atoms with Crippen molar-refractivity contribution in [3.8, 4) is 0 Å². The van der Waals surface area contributed by atoms with E-state index in [1.54, 1.807) is 0 Å². The number of nitrogen functional groups attached to an aromatic ring is 1. The maximum Gasteiger partial charge on any atom is 0.0802 e. The van der Waals surface area contributed by atoms with Gasteiger partial charge in [0.2, 0.25) is 0 Å². The SMILES string of the molecule is C=C.C[Si](C)(C)c1ccccc1N. The van der Waals surface area contributed by atoms with Crippen LogP contribution in [0.15, 0.2) is 37.4 Å². The van der Waals surface area contributed by atoms with Gasteiger partial charge in [-0.2, -0.15) is 0 Å². The molecule has 0 aromatic heterocycles. The van der Waals surface area contributed by atoms with Crippen LogP contribution in [0.3, 0.4) is 0 Å². The number of benzene rings is 1. The highest BCUT2D eigenvalue weighted by atomic mass is 28.3. The summed E-state index contributed by atoms with van der Waals surface area (Å²) in [5.74, 6) is 0. The fourth-order valence-corrected chi connectivity index (χ4v) is 2.73. The summed E-state index contributed by atoms with van der Waals surface area (Å²) >= 11 is 0. The number of anilines is 1. The molecule has 0 atom stereocenters. The smallest absolute Gasteiger partial charge is 0.0802 e. The van der Waals surface area contributed by atoms with Crippen LogP contribution in [0.2, 0.25) is 19.6 Å². The molecule has 0 radical (unpaired) electrons. The third kappa shape index (κ3) is 3.47. The summed E-state index contributed by atoms with van der Waals surface area (Å²) in [7, 11) is -1.20. The molecular formula is C11H19NSi. The minimum Gasteiger partial charge on any atom is -0.399 e. The Bertz CT molecular complexity index is 263. The molecule has 0 saturated heterocycles. The quantitative estimate of drug-likeness (QED) is 0.414. The Hall–Kier alpha value is -1.02. The lowest BCUT2D eigenvalue weighted by molar-refractivity contribution is 1.66. The van der Waals surface area contributed by atoms with Crippen molar-refractivity contribution in [3.05, 3.63) is 37.4 Å². The molecule has 2 N–H and O–H groups in total. The average molecular weight is 193 g/mol. The molecule has 0 unspecified atom stereocenters. The summed E-state index contributed by atoms with van der Waals surface area (Å²) in [6.07, 6.45) is 0. The second kappa shape index (κ2) is 4.87. The third-order valence-electron chi connectivity index (χ3n) is 1.77. The van der Waals surface area contributed by atoms with Crippen molar-refractivity contribution in [2.24, 2.45) is 0 Å². The second-order valence-corrected chi connectivity index (χ2v) is 8.88. The van der Waals surface area contributed by atoms with Crippen molar-refractivity contribution < 1.29 is 0 Å². The Morgan fingerprint density at radius 2 is 1.54 bits per heavy atom. The number of nitrogens with two attached hydrogens (primary N) is 1. The van der Waals surface area contributed by atoms with Crippen molar-refractivity contribution in [2.45, 2.75) is 19.6 Å². The van der Waals surface area contributed by atoms with Crippen LogP contribution in [0.1, 0.15) is 0 Å². The highest BCUT2D eigenvalue weighted by Gasteiger charge is 2.17. The van der Waals surface area contributed by atoms with Gasteiger partial charge in [-0.05, 0) is 11.3 Å². The van der Waals surface area contributed by atoms with Crippen LogP contribution in [0, 0.1) is 0 Å². The minimum atomic E-state index is -1.20. The normalized spacial score (nSPS) is 10.1. The highest BCUT2D eigenvalue weighted by Crippen LogP contribution is 2.07. The van der Waals surface area contributed by atoms with Gasteiger partial charge >= 0.3 is 0 Å². The van der Waals surface area contributed by atoms with Gasteiger partial charge in [0, 0.05) is 5.69 Å².